The van der Waals surface area contributed by atoms with Gasteiger partial charge in [-0.05, 0) is 31.0 Å². The molecule has 0 radical (unpaired) electrons. The molecule has 1 N–H and O–H groups in total. The van der Waals surface area contributed by atoms with Crippen molar-refractivity contribution in [2.45, 2.75) is 25.8 Å². The molecule has 27 heavy (non-hydrogen) atoms. The number of aryl methyl sites for hydroxylation is 1. The van der Waals surface area contributed by atoms with Gasteiger partial charge in [0.1, 0.15) is 6.04 Å². The van der Waals surface area contributed by atoms with Crippen molar-refractivity contribution in [1.82, 2.24) is 20.4 Å². The molecule has 2 saturated heterocycles. The number of amides is 2. The highest BCUT2D eigenvalue weighted by Gasteiger charge is 2.32. The van der Waals surface area contributed by atoms with Gasteiger partial charge < -0.3 is 15.1 Å². The maximum absolute atomic E-state index is 12.5. The third-order valence-electron chi connectivity index (χ3n) is 5.28. The molecule has 1 atom stereocenters. The number of nitrogens with one attached hydrogen (secondary N) is 1. The molecule has 0 saturated carbocycles. The number of benzene rings is 1. The molecule has 0 bridgehead atoms. The number of piperazine rings is 1. The minimum Gasteiger partial charge on any atom is -0.352 e. The molecule has 1 aromatic carbocycles. The van der Waals surface area contributed by atoms with Crippen LogP contribution in [0.3, 0.4) is 0 Å². The van der Waals surface area contributed by atoms with Gasteiger partial charge in [0.2, 0.25) is 11.8 Å². The van der Waals surface area contributed by atoms with Gasteiger partial charge >= 0.3 is 0 Å². The van der Waals surface area contributed by atoms with E-state index in [0.29, 0.717) is 39.0 Å². The monoisotopic (exact) mass is 365 g/mol. The lowest BCUT2D eigenvalue weighted by atomic mass is 10.1. The summed E-state index contributed by atoms with van der Waals surface area (Å²) in [6.07, 6.45) is 1.04. The van der Waals surface area contributed by atoms with E-state index in [9.17, 15) is 9.59 Å². The minimum absolute atomic E-state index is 0.0292. The van der Waals surface area contributed by atoms with Crippen LogP contribution in [0.15, 0.2) is 36.4 Å². The zero-order chi connectivity index (χ0) is 18.8. The van der Waals surface area contributed by atoms with Crippen molar-refractivity contribution < 1.29 is 9.59 Å². The van der Waals surface area contributed by atoms with E-state index in [1.807, 2.05) is 35.2 Å². The number of hydrogen-bond acceptors (Lipinski definition) is 5. The van der Waals surface area contributed by atoms with Crippen LogP contribution >= 0.6 is 0 Å². The van der Waals surface area contributed by atoms with E-state index in [1.54, 1.807) is 0 Å². The Balaban J connectivity index is 1.38. The normalized spacial score (nSPS) is 19.9. The second-order valence-corrected chi connectivity index (χ2v) is 7.06. The van der Waals surface area contributed by atoms with Gasteiger partial charge in [-0.3, -0.25) is 9.59 Å². The molecule has 0 aliphatic carbocycles. The molecular weight excluding hydrogens is 342 g/mol. The summed E-state index contributed by atoms with van der Waals surface area (Å²) in [6.45, 7) is 4.75. The number of carbonyl (C=O) groups is 2. The van der Waals surface area contributed by atoms with Crippen molar-refractivity contribution in [3.8, 4) is 11.3 Å². The topological polar surface area (TPSA) is 78.4 Å². The molecule has 0 spiro atoms. The maximum atomic E-state index is 12.5. The van der Waals surface area contributed by atoms with Crippen LogP contribution < -0.4 is 10.2 Å². The van der Waals surface area contributed by atoms with Gasteiger partial charge in [-0.1, -0.05) is 24.3 Å². The Kier molecular flexibility index (Phi) is 4.75. The molecule has 4 rings (SSSR count). The molecule has 2 amide bonds. The summed E-state index contributed by atoms with van der Waals surface area (Å²) in [4.78, 5) is 27.8. The Morgan fingerprint density at radius 1 is 1.07 bits per heavy atom. The zero-order valence-corrected chi connectivity index (χ0v) is 15.4. The summed E-state index contributed by atoms with van der Waals surface area (Å²) in [7, 11) is 0. The van der Waals surface area contributed by atoms with Gasteiger partial charge in [0.25, 0.3) is 0 Å². The highest BCUT2D eigenvalue weighted by Crippen LogP contribution is 2.22. The van der Waals surface area contributed by atoms with E-state index >= 15 is 0 Å². The van der Waals surface area contributed by atoms with E-state index in [1.165, 1.54) is 5.56 Å². The lowest BCUT2D eigenvalue weighted by molar-refractivity contribution is -0.134. The second kappa shape index (κ2) is 7.34. The SMILES string of the molecule is Cc1ccccc1-c1ccc(N2CCN(C(=O)C3CCC(=O)N3)CC2)nn1. The fourth-order valence-corrected chi connectivity index (χ4v) is 3.67. The van der Waals surface area contributed by atoms with Crippen molar-refractivity contribution in [3.05, 3.63) is 42.0 Å². The van der Waals surface area contributed by atoms with E-state index < -0.39 is 0 Å². The van der Waals surface area contributed by atoms with Gasteiger partial charge in [-0.2, -0.15) is 0 Å². The Hall–Kier alpha value is -2.96. The van der Waals surface area contributed by atoms with Crippen LogP contribution in [0.2, 0.25) is 0 Å². The van der Waals surface area contributed by atoms with E-state index in [4.69, 9.17) is 0 Å². The van der Waals surface area contributed by atoms with E-state index in [-0.39, 0.29) is 17.9 Å². The van der Waals surface area contributed by atoms with Gasteiger partial charge in [-0.15, -0.1) is 10.2 Å². The number of nitrogens with zero attached hydrogens (tertiary/aromatic N) is 4. The Morgan fingerprint density at radius 3 is 2.48 bits per heavy atom. The molecule has 2 aliphatic rings. The van der Waals surface area contributed by atoms with E-state index in [2.05, 4.69) is 33.4 Å². The molecule has 2 aliphatic heterocycles. The van der Waals surface area contributed by atoms with Crippen molar-refractivity contribution in [3.63, 3.8) is 0 Å². The van der Waals surface area contributed by atoms with Crippen molar-refractivity contribution >= 4 is 17.6 Å². The molecule has 7 heteroatoms. The van der Waals surface area contributed by atoms with Gasteiger partial charge in [-0.25, -0.2) is 0 Å². The number of hydrogen-bond donors (Lipinski definition) is 1. The quantitative estimate of drug-likeness (QED) is 0.889. The van der Waals surface area contributed by atoms with Crippen LogP contribution in [-0.2, 0) is 9.59 Å². The largest absolute Gasteiger partial charge is 0.352 e. The molecule has 1 aromatic heterocycles. The van der Waals surface area contributed by atoms with Crippen molar-refractivity contribution in [1.29, 1.82) is 0 Å². The zero-order valence-electron chi connectivity index (χ0n) is 15.4. The minimum atomic E-state index is -0.350. The Bertz CT molecular complexity index is 844. The molecule has 1 unspecified atom stereocenters. The predicted molar refractivity (Wildman–Crippen MR) is 102 cm³/mol. The highest BCUT2D eigenvalue weighted by atomic mass is 16.2. The average molecular weight is 365 g/mol. The third-order valence-corrected chi connectivity index (χ3v) is 5.28. The van der Waals surface area contributed by atoms with Crippen LogP contribution in [-0.4, -0.2) is 59.1 Å². The molecule has 7 nitrogen and oxygen atoms in total. The fourth-order valence-electron chi connectivity index (χ4n) is 3.67. The third kappa shape index (κ3) is 3.63. The summed E-state index contributed by atoms with van der Waals surface area (Å²) in [5, 5.41) is 11.5. The van der Waals surface area contributed by atoms with Crippen LogP contribution in [0.4, 0.5) is 5.82 Å². The van der Waals surface area contributed by atoms with Gasteiger partial charge in [0, 0.05) is 38.2 Å². The van der Waals surface area contributed by atoms with Crippen molar-refractivity contribution in [2.75, 3.05) is 31.1 Å². The standard InChI is InChI=1S/C20H23N5O2/c1-14-4-2-3-5-15(14)16-6-8-18(23-22-16)24-10-12-25(13-11-24)20(27)17-7-9-19(26)21-17/h2-6,8,17H,7,9-13H2,1H3,(H,21,26). The number of anilines is 1. The summed E-state index contributed by atoms with van der Waals surface area (Å²) in [5.41, 5.74) is 3.12. The first-order chi connectivity index (χ1) is 13.1. The van der Waals surface area contributed by atoms with E-state index in [0.717, 1.165) is 17.1 Å². The van der Waals surface area contributed by atoms with Crippen molar-refractivity contribution in [2.24, 2.45) is 0 Å². The average Bonchev–Trinajstić information content (AvgIpc) is 3.14. The molecule has 2 fully saturated rings. The first-order valence-corrected chi connectivity index (χ1v) is 9.34. The summed E-state index contributed by atoms with van der Waals surface area (Å²) < 4.78 is 0. The first kappa shape index (κ1) is 17.5. The molecule has 140 valence electrons. The van der Waals surface area contributed by atoms with Crippen LogP contribution in [0, 0.1) is 6.92 Å². The van der Waals surface area contributed by atoms with Gasteiger partial charge in [0.05, 0.1) is 5.69 Å². The second-order valence-electron chi connectivity index (χ2n) is 7.06. The Morgan fingerprint density at radius 2 is 1.85 bits per heavy atom. The van der Waals surface area contributed by atoms with Crippen LogP contribution in [0.5, 0.6) is 0 Å². The molecular formula is C20H23N5O2. The smallest absolute Gasteiger partial charge is 0.245 e. The molecule has 2 aromatic rings. The Labute approximate surface area is 158 Å². The molecule has 3 heterocycles. The number of aromatic nitrogens is 2. The fraction of sp³-hybridized carbons (Fsp3) is 0.400. The predicted octanol–water partition coefficient (Wildman–Crippen LogP) is 1.38. The van der Waals surface area contributed by atoms with Crippen LogP contribution in [0.1, 0.15) is 18.4 Å². The lowest BCUT2D eigenvalue weighted by Gasteiger charge is -2.36. The van der Waals surface area contributed by atoms with Gasteiger partial charge in [0.15, 0.2) is 5.82 Å². The highest BCUT2D eigenvalue weighted by molar-refractivity contribution is 5.90. The lowest BCUT2D eigenvalue weighted by Crippen LogP contribution is -2.53. The number of rotatable bonds is 3. The summed E-state index contributed by atoms with van der Waals surface area (Å²) in [6, 6.07) is 11.8. The van der Waals surface area contributed by atoms with Crippen LogP contribution in [0.25, 0.3) is 11.3 Å². The summed E-state index contributed by atoms with van der Waals surface area (Å²) >= 11 is 0. The maximum Gasteiger partial charge on any atom is 0.245 e. The number of carbonyl (C=O) groups excluding carboxylic acids is 2. The first-order valence-electron chi connectivity index (χ1n) is 9.34. The summed E-state index contributed by atoms with van der Waals surface area (Å²) in [5.74, 6) is 0.825.